The maximum absolute atomic E-state index is 12.1. The van der Waals surface area contributed by atoms with Crippen LogP contribution in [0.15, 0.2) is 12.2 Å². The molecular weight excluding hydrogens is 737 g/mol. The van der Waals surface area contributed by atoms with Crippen molar-refractivity contribution < 1.29 is 37.9 Å². The largest absolute Gasteiger partial charge is 0.472 e. The fourth-order valence-electron chi connectivity index (χ4n) is 7.02. The van der Waals surface area contributed by atoms with E-state index < -0.39 is 26.5 Å². The molecule has 0 saturated heterocycles. The van der Waals surface area contributed by atoms with Crippen LogP contribution in [0.1, 0.15) is 245 Å². The summed E-state index contributed by atoms with van der Waals surface area (Å²) in [5, 5.41) is 12.7. The molecule has 0 heterocycles. The zero-order valence-electron chi connectivity index (χ0n) is 37.3. The molecule has 1 amide bonds. The molecule has 0 aromatic rings. The van der Waals surface area contributed by atoms with E-state index in [-0.39, 0.29) is 32.1 Å². The molecule has 0 saturated carbocycles. The first kappa shape index (κ1) is 55.8. The van der Waals surface area contributed by atoms with Gasteiger partial charge in [-0.1, -0.05) is 206 Å². The van der Waals surface area contributed by atoms with Crippen molar-refractivity contribution >= 4 is 19.7 Å². The molecule has 0 aliphatic rings. The highest BCUT2D eigenvalue weighted by Crippen LogP contribution is 2.42. The predicted molar refractivity (Wildman–Crippen MR) is 238 cm³/mol. The summed E-state index contributed by atoms with van der Waals surface area (Å²) in [6.45, 7) is 3.58. The number of aliphatic hydroxyl groups excluding tert-OH is 1. The summed E-state index contributed by atoms with van der Waals surface area (Å²) in [7, 11) is -4.41. The molecule has 0 aromatic heterocycles. The lowest BCUT2D eigenvalue weighted by molar-refractivity contribution is -0.147. The molecular formula is C47H92NO8P. The van der Waals surface area contributed by atoms with Crippen LogP contribution in [-0.4, -0.2) is 54.3 Å². The number of unbranched alkanes of at least 4 members (excludes halogenated alkanes) is 31. The van der Waals surface area contributed by atoms with Crippen LogP contribution in [-0.2, 0) is 27.9 Å². The molecule has 3 N–H and O–H groups in total. The molecule has 10 heteroatoms. The average Bonchev–Trinajstić information content (AvgIpc) is 3.20. The Morgan fingerprint density at radius 2 is 0.895 bits per heavy atom. The zero-order chi connectivity index (χ0) is 41.8. The second kappa shape index (κ2) is 44.3. The highest BCUT2D eigenvalue weighted by atomic mass is 31.2. The number of carbonyl (C=O) groups is 2. The SMILES string of the molecule is CCCCCCC/C=C\CCCCCCCC(=O)NCCOP(=O)(O)OCC(O)COC(=O)CCCCCCCCCCCCCCCCCCCCCCCC. The van der Waals surface area contributed by atoms with E-state index in [0.29, 0.717) is 6.42 Å². The third-order valence-corrected chi connectivity index (χ3v) is 11.7. The Morgan fingerprint density at radius 3 is 1.32 bits per heavy atom. The van der Waals surface area contributed by atoms with E-state index >= 15 is 0 Å². The van der Waals surface area contributed by atoms with Gasteiger partial charge in [0, 0.05) is 19.4 Å². The van der Waals surface area contributed by atoms with Crippen LogP contribution in [0.2, 0.25) is 0 Å². The quantitative estimate of drug-likeness (QED) is 0.0239. The standard InChI is InChI=1S/C47H92NO8P/c1-3-5-7-9-11-13-15-17-19-20-21-22-23-24-25-26-28-30-32-34-36-38-40-47(51)54-43-45(49)44-56-57(52,53)55-42-41-48-46(50)39-37-35-33-31-29-27-18-16-14-12-10-8-6-4-2/h16,18,45,49H,3-15,17,19-44H2,1-2H3,(H,48,50)(H,52,53)/b18-16-. The molecule has 0 radical (unpaired) electrons. The van der Waals surface area contributed by atoms with Crippen molar-refractivity contribution in [2.45, 2.75) is 251 Å². The number of amides is 1. The lowest BCUT2D eigenvalue weighted by Crippen LogP contribution is -2.27. The maximum Gasteiger partial charge on any atom is 0.472 e. The Balaban J connectivity index is 3.52. The fourth-order valence-corrected chi connectivity index (χ4v) is 7.78. The van der Waals surface area contributed by atoms with Crippen LogP contribution in [0.4, 0.5) is 0 Å². The van der Waals surface area contributed by atoms with E-state index in [0.717, 1.165) is 44.9 Å². The Hall–Kier alpha value is -1.25. The van der Waals surface area contributed by atoms with Crippen LogP contribution >= 0.6 is 7.82 Å². The first-order valence-electron chi connectivity index (χ1n) is 24.2. The molecule has 0 aliphatic carbocycles. The third kappa shape index (κ3) is 45.7. The van der Waals surface area contributed by atoms with Gasteiger partial charge in [0.15, 0.2) is 0 Å². The maximum atomic E-state index is 12.1. The Morgan fingerprint density at radius 1 is 0.526 bits per heavy atom. The molecule has 0 rings (SSSR count). The van der Waals surface area contributed by atoms with E-state index in [1.807, 2.05) is 0 Å². The second-order valence-electron chi connectivity index (χ2n) is 16.4. The van der Waals surface area contributed by atoms with Crippen molar-refractivity contribution in [1.82, 2.24) is 5.32 Å². The van der Waals surface area contributed by atoms with E-state index in [9.17, 15) is 24.2 Å². The number of esters is 1. The zero-order valence-corrected chi connectivity index (χ0v) is 38.2. The summed E-state index contributed by atoms with van der Waals surface area (Å²) >= 11 is 0. The van der Waals surface area contributed by atoms with Gasteiger partial charge in [0.05, 0.1) is 13.2 Å². The minimum absolute atomic E-state index is 0.0808. The molecule has 9 nitrogen and oxygen atoms in total. The van der Waals surface area contributed by atoms with E-state index in [2.05, 4.69) is 31.3 Å². The Labute approximate surface area is 351 Å². The van der Waals surface area contributed by atoms with Crippen molar-refractivity contribution in [2.75, 3.05) is 26.4 Å². The van der Waals surface area contributed by atoms with Gasteiger partial charge in [-0.05, 0) is 38.5 Å². The summed E-state index contributed by atoms with van der Waals surface area (Å²) in [6, 6.07) is 0. The van der Waals surface area contributed by atoms with Gasteiger partial charge in [-0.25, -0.2) is 4.57 Å². The van der Waals surface area contributed by atoms with Gasteiger partial charge in [-0.15, -0.1) is 0 Å². The minimum Gasteiger partial charge on any atom is -0.463 e. The van der Waals surface area contributed by atoms with Crippen molar-refractivity contribution in [3.05, 3.63) is 12.2 Å². The van der Waals surface area contributed by atoms with E-state index in [4.69, 9.17) is 13.8 Å². The molecule has 338 valence electrons. The van der Waals surface area contributed by atoms with Crippen LogP contribution in [0, 0.1) is 0 Å². The average molecular weight is 830 g/mol. The number of ether oxygens (including phenoxy) is 1. The lowest BCUT2D eigenvalue weighted by Gasteiger charge is -2.15. The fraction of sp³-hybridized carbons (Fsp3) is 0.915. The number of phosphoric ester groups is 1. The number of phosphoric acid groups is 1. The summed E-state index contributed by atoms with van der Waals surface area (Å²) in [6.07, 6.45) is 47.2. The lowest BCUT2D eigenvalue weighted by atomic mass is 10.0. The number of hydrogen-bond acceptors (Lipinski definition) is 7. The number of nitrogens with one attached hydrogen (secondary N) is 1. The number of allylic oxidation sites excluding steroid dienone is 2. The molecule has 0 spiro atoms. The summed E-state index contributed by atoms with van der Waals surface area (Å²) in [5.74, 6) is -0.514. The molecule has 2 atom stereocenters. The number of hydrogen-bond donors (Lipinski definition) is 3. The highest BCUT2D eigenvalue weighted by Gasteiger charge is 2.23. The van der Waals surface area contributed by atoms with Gasteiger partial charge in [0.25, 0.3) is 0 Å². The van der Waals surface area contributed by atoms with Gasteiger partial charge in [0.2, 0.25) is 5.91 Å². The molecule has 0 aliphatic heterocycles. The number of rotatable bonds is 46. The first-order valence-corrected chi connectivity index (χ1v) is 25.7. The molecule has 0 aromatic carbocycles. The smallest absolute Gasteiger partial charge is 0.463 e. The van der Waals surface area contributed by atoms with E-state index in [1.54, 1.807) is 0 Å². The molecule has 0 fully saturated rings. The number of aliphatic hydroxyl groups is 1. The monoisotopic (exact) mass is 830 g/mol. The highest BCUT2D eigenvalue weighted by molar-refractivity contribution is 7.47. The normalized spacial score (nSPS) is 13.3. The minimum atomic E-state index is -4.41. The van der Waals surface area contributed by atoms with Crippen molar-refractivity contribution in [3.63, 3.8) is 0 Å². The van der Waals surface area contributed by atoms with E-state index in [1.165, 1.54) is 173 Å². The van der Waals surface area contributed by atoms with Crippen molar-refractivity contribution in [1.29, 1.82) is 0 Å². The summed E-state index contributed by atoms with van der Waals surface area (Å²) in [4.78, 5) is 34.0. The third-order valence-electron chi connectivity index (χ3n) is 10.7. The predicted octanol–water partition coefficient (Wildman–Crippen LogP) is 13.8. The van der Waals surface area contributed by atoms with Gasteiger partial charge in [0.1, 0.15) is 12.7 Å². The van der Waals surface area contributed by atoms with Crippen LogP contribution in [0.25, 0.3) is 0 Å². The Kier molecular flexibility index (Phi) is 43.3. The molecule has 2 unspecified atom stereocenters. The van der Waals surface area contributed by atoms with Crippen LogP contribution in [0.5, 0.6) is 0 Å². The first-order chi connectivity index (χ1) is 27.8. The summed E-state index contributed by atoms with van der Waals surface area (Å²) < 4.78 is 26.9. The topological polar surface area (TPSA) is 131 Å². The Bertz CT molecular complexity index is 948. The van der Waals surface area contributed by atoms with Crippen molar-refractivity contribution in [2.24, 2.45) is 0 Å². The molecule has 57 heavy (non-hydrogen) atoms. The van der Waals surface area contributed by atoms with Gasteiger partial charge in [-0.2, -0.15) is 0 Å². The summed E-state index contributed by atoms with van der Waals surface area (Å²) in [5.41, 5.74) is 0. The molecule has 0 bridgehead atoms. The van der Waals surface area contributed by atoms with Gasteiger partial charge < -0.3 is 20.1 Å². The van der Waals surface area contributed by atoms with Gasteiger partial charge in [-0.3, -0.25) is 18.6 Å². The second-order valence-corrected chi connectivity index (χ2v) is 17.9. The van der Waals surface area contributed by atoms with Crippen LogP contribution in [0.3, 0.4) is 0 Å². The van der Waals surface area contributed by atoms with Crippen LogP contribution < -0.4 is 5.32 Å². The number of carbonyl (C=O) groups excluding carboxylic acids is 2. The van der Waals surface area contributed by atoms with Gasteiger partial charge >= 0.3 is 13.8 Å². The van der Waals surface area contributed by atoms with Crippen molar-refractivity contribution in [3.8, 4) is 0 Å².